The molecule has 3 aromatic rings. The van der Waals surface area contributed by atoms with Crippen molar-refractivity contribution in [3.63, 3.8) is 0 Å². The monoisotopic (exact) mass is 543 g/mol. The number of ether oxygens (including phenoxy) is 2. The summed E-state index contributed by atoms with van der Waals surface area (Å²) in [5.41, 5.74) is 9.23. The fraction of sp³-hybridized carbons (Fsp3) is 0.267. The number of para-hydroxylation sites is 1. The van der Waals surface area contributed by atoms with Gasteiger partial charge in [0.2, 0.25) is 0 Å². The molecule has 3 atom stereocenters. The molecular weight excluding hydrogens is 514 g/mol. The molecule has 5 rings (SSSR count). The van der Waals surface area contributed by atoms with Crippen LogP contribution < -0.4 is 10.6 Å². The molecule has 200 valence electrons. The highest BCUT2D eigenvalue weighted by molar-refractivity contribution is 7.10. The summed E-state index contributed by atoms with van der Waals surface area (Å²) in [5, 5.41) is 1.92. The Kier molecular flexibility index (Phi) is 7.60. The van der Waals surface area contributed by atoms with E-state index in [1.165, 1.54) is 11.3 Å². The first-order chi connectivity index (χ1) is 19.0. The van der Waals surface area contributed by atoms with E-state index in [0.29, 0.717) is 28.9 Å². The van der Waals surface area contributed by atoms with E-state index >= 15 is 0 Å². The maximum Gasteiger partial charge on any atom is 0.338 e. The maximum atomic E-state index is 14.6. The summed E-state index contributed by atoms with van der Waals surface area (Å²) in [5.74, 6) is -3.80. The first-order valence-electron chi connectivity index (χ1n) is 12.9. The largest absolute Gasteiger partial charge is 0.465 e. The highest BCUT2D eigenvalue weighted by Gasteiger charge is 2.51. The smallest absolute Gasteiger partial charge is 0.338 e. The Morgan fingerprint density at radius 3 is 2.46 bits per heavy atom. The molecule has 1 aliphatic heterocycles. The van der Waals surface area contributed by atoms with Crippen LogP contribution in [-0.2, 0) is 23.9 Å². The van der Waals surface area contributed by atoms with Crippen molar-refractivity contribution in [2.45, 2.75) is 32.1 Å². The number of carbonyl (C=O) groups is 3. The van der Waals surface area contributed by atoms with E-state index in [4.69, 9.17) is 15.2 Å². The van der Waals surface area contributed by atoms with Crippen LogP contribution in [0, 0.1) is 5.92 Å². The second kappa shape index (κ2) is 11.2. The minimum absolute atomic E-state index is 0.131. The molecule has 8 nitrogen and oxygen atoms in total. The lowest BCUT2D eigenvalue weighted by molar-refractivity contribution is -0.152. The van der Waals surface area contributed by atoms with Gasteiger partial charge < -0.3 is 15.2 Å². The number of aromatic nitrogens is 1. The number of nitrogens with zero attached hydrogens (tertiary/aromatic N) is 2. The van der Waals surface area contributed by atoms with Crippen molar-refractivity contribution >= 4 is 34.7 Å². The van der Waals surface area contributed by atoms with Crippen LogP contribution in [0.1, 0.15) is 42.5 Å². The lowest BCUT2D eigenvalue weighted by atomic mass is 9.68. The lowest BCUT2D eigenvalue weighted by Gasteiger charge is -2.43. The van der Waals surface area contributed by atoms with Gasteiger partial charge in [-0.3, -0.25) is 19.5 Å². The SMILES string of the molecule is CCOC(=O)C1=C(N)N(c2ccccc2)C2=C(C(=O)C(C(=O)OCC)C(c3cccs3)C2)C1c1cccnc1. The zero-order valence-electron chi connectivity index (χ0n) is 21.7. The number of rotatable bonds is 7. The molecule has 0 amide bonds. The Balaban J connectivity index is 1.80. The van der Waals surface area contributed by atoms with Gasteiger partial charge in [-0.15, -0.1) is 11.3 Å². The number of thiophene rings is 1. The zero-order chi connectivity index (χ0) is 27.5. The number of allylic oxidation sites excluding steroid dienone is 2. The molecule has 1 aromatic carbocycles. The van der Waals surface area contributed by atoms with Gasteiger partial charge in [0.25, 0.3) is 0 Å². The first kappa shape index (κ1) is 26.4. The van der Waals surface area contributed by atoms with Crippen molar-refractivity contribution in [2.24, 2.45) is 11.7 Å². The Bertz CT molecular complexity index is 1430. The van der Waals surface area contributed by atoms with Crippen molar-refractivity contribution in [1.29, 1.82) is 0 Å². The summed E-state index contributed by atoms with van der Waals surface area (Å²) < 4.78 is 10.9. The molecule has 1 aliphatic carbocycles. The van der Waals surface area contributed by atoms with Crippen molar-refractivity contribution in [2.75, 3.05) is 18.1 Å². The van der Waals surface area contributed by atoms with Gasteiger partial charge in [-0.05, 0) is 55.5 Å². The average molecular weight is 544 g/mol. The number of hydrogen-bond donors (Lipinski definition) is 1. The summed E-state index contributed by atoms with van der Waals surface area (Å²) >= 11 is 1.49. The van der Waals surface area contributed by atoms with Gasteiger partial charge in [-0.25, -0.2) is 4.79 Å². The minimum Gasteiger partial charge on any atom is -0.465 e. The van der Waals surface area contributed by atoms with E-state index in [9.17, 15) is 14.4 Å². The molecule has 0 spiro atoms. The van der Waals surface area contributed by atoms with Gasteiger partial charge in [-0.1, -0.05) is 30.3 Å². The van der Waals surface area contributed by atoms with Crippen LogP contribution >= 0.6 is 11.3 Å². The topological polar surface area (TPSA) is 112 Å². The van der Waals surface area contributed by atoms with Gasteiger partial charge >= 0.3 is 11.9 Å². The third kappa shape index (κ3) is 4.74. The van der Waals surface area contributed by atoms with Crippen LogP contribution in [-0.4, -0.2) is 35.9 Å². The van der Waals surface area contributed by atoms with Crippen molar-refractivity contribution < 1.29 is 23.9 Å². The molecule has 3 heterocycles. The molecule has 2 aromatic heterocycles. The Hall–Kier alpha value is -4.24. The standard InChI is InChI=1S/C30H29N3O5S/c1-3-37-29(35)24-20(22-13-9-15-39-22)16-21-25(27(24)34)23(18-10-8-14-32-17-18)26(30(36)38-4-2)28(31)33(21)19-11-6-5-7-12-19/h5-15,17,20,23-24H,3-4,16,31H2,1-2H3. The number of ketones is 1. The Morgan fingerprint density at radius 2 is 1.82 bits per heavy atom. The van der Waals surface area contributed by atoms with E-state index in [1.807, 2.05) is 47.8 Å². The maximum absolute atomic E-state index is 14.6. The van der Waals surface area contributed by atoms with E-state index in [1.54, 1.807) is 43.3 Å². The van der Waals surface area contributed by atoms with Gasteiger partial charge in [0, 0.05) is 40.1 Å². The number of nitrogens with two attached hydrogens (primary N) is 1. The third-order valence-electron chi connectivity index (χ3n) is 7.02. The molecular formula is C30H29N3O5S. The summed E-state index contributed by atoms with van der Waals surface area (Å²) in [4.78, 5) is 48.3. The normalized spacial score (nSPS) is 21.0. The number of esters is 2. The molecule has 2 aliphatic rings. The van der Waals surface area contributed by atoms with E-state index in [0.717, 1.165) is 4.88 Å². The molecule has 3 unspecified atom stereocenters. The molecule has 0 radical (unpaired) electrons. The highest BCUT2D eigenvalue weighted by Crippen LogP contribution is 2.51. The second-order valence-electron chi connectivity index (χ2n) is 9.19. The predicted molar refractivity (Wildman–Crippen MR) is 148 cm³/mol. The summed E-state index contributed by atoms with van der Waals surface area (Å²) in [6.45, 7) is 3.71. The first-order valence-corrected chi connectivity index (χ1v) is 13.7. The van der Waals surface area contributed by atoms with Crippen molar-refractivity contribution in [3.8, 4) is 0 Å². The van der Waals surface area contributed by atoms with Gasteiger partial charge in [-0.2, -0.15) is 0 Å². The molecule has 39 heavy (non-hydrogen) atoms. The molecule has 0 saturated carbocycles. The Labute approximate surface area is 230 Å². The van der Waals surface area contributed by atoms with Gasteiger partial charge in [0.1, 0.15) is 11.7 Å². The summed E-state index contributed by atoms with van der Waals surface area (Å²) in [6, 6.07) is 16.7. The number of hydrogen-bond acceptors (Lipinski definition) is 9. The third-order valence-corrected chi connectivity index (χ3v) is 8.02. The quantitative estimate of drug-likeness (QED) is 0.338. The van der Waals surface area contributed by atoms with E-state index in [2.05, 4.69) is 4.98 Å². The van der Waals surface area contributed by atoms with Gasteiger partial charge in [0.15, 0.2) is 5.78 Å². The number of benzene rings is 1. The van der Waals surface area contributed by atoms with Crippen LogP contribution in [0.5, 0.6) is 0 Å². The van der Waals surface area contributed by atoms with Crippen molar-refractivity contribution in [3.05, 3.63) is 105 Å². The summed E-state index contributed by atoms with van der Waals surface area (Å²) in [6.07, 6.45) is 3.57. The molecule has 0 fully saturated rings. The number of pyridine rings is 1. The minimum atomic E-state index is -1.07. The van der Waals surface area contributed by atoms with Crippen LogP contribution in [0.2, 0.25) is 0 Å². The molecule has 0 saturated heterocycles. The second-order valence-corrected chi connectivity index (χ2v) is 10.2. The molecule has 9 heteroatoms. The Morgan fingerprint density at radius 1 is 1.05 bits per heavy atom. The van der Waals surface area contributed by atoms with Crippen molar-refractivity contribution in [1.82, 2.24) is 4.98 Å². The average Bonchev–Trinajstić information content (AvgIpc) is 3.48. The lowest BCUT2D eigenvalue weighted by Crippen LogP contribution is -2.46. The number of Topliss-reactive ketones (excluding diaryl/α,β-unsaturated/α-hetero) is 1. The number of anilines is 1. The number of carbonyl (C=O) groups excluding carboxylic acids is 3. The van der Waals surface area contributed by atoms with Crippen LogP contribution in [0.3, 0.4) is 0 Å². The molecule has 0 bridgehead atoms. The van der Waals surface area contributed by atoms with E-state index < -0.39 is 35.5 Å². The van der Waals surface area contributed by atoms with Gasteiger partial charge in [0.05, 0.1) is 24.7 Å². The van der Waals surface area contributed by atoms with Crippen LogP contribution in [0.25, 0.3) is 0 Å². The fourth-order valence-electron chi connectivity index (χ4n) is 5.46. The summed E-state index contributed by atoms with van der Waals surface area (Å²) in [7, 11) is 0. The van der Waals surface area contributed by atoms with E-state index in [-0.39, 0.29) is 24.6 Å². The van der Waals surface area contributed by atoms with Crippen LogP contribution in [0.15, 0.2) is 95.0 Å². The highest BCUT2D eigenvalue weighted by atomic mass is 32.1. The molecule has 2 N–H and O–H groups in total. The predicted octanol–water partition coefficient (Wildman–Crippen LogP) is 4.67. The fourth-order valence-corrected chi connectivity index (χ4v) is 6.33. The van der Waals surface area contributed by atoms with Crippen LogP contribution in [0.4, 0.5) is 5.69 Å². The zero-order valence-corrected chi connectivity index (χ0v) is 22.5.